The van der Waals surface area contributed by atoms with Crippen molar-refractivity contribution in [3.05, 3.63) is 52.9 Å². The molecule has 3 N–H and O–H groups in total. The Bertz CT molecular complexity index is 1160. The van der Waals surface area contributed by atoms with Crippen molar-refractivity contribution in [1.29, 1.82) is 0 Å². The van der Waals surface area contributed by atoms with Crippen molar-refractivity contribution in [1.82, 2.24) is 29.8 Å². The molecule has 4 heterocycles. The van der Waals surface area contributed by atoms with E-state index in [0.717, 1.165) is 70.6 Å². The Morgan fingerprint density at radius 2 is 1.96 bits per heavy atom. The minimum absolute atomic E-state index is 0.565. The first-order valence-electron chi connectivity index (χ1n) is 9.30. The number of nitrogens with two attached hydrogens (primary N) is 1. The maximum absolute atomic E-state index is 6.37. The molecular formula is C20H20BrN7. The maximum atomic E-state index is 6.37. The van der Waals surface area contributed by atoms with Crippen LogP contribution in [-0.2, 0) is 6.54 Å². The molecule has 1 aliphatic heterocycles. The number of nitrogens with one attached hydrogen (secondary N) is 1. The van der Waals surface area contributed by atoms with Gasteiger partial charge in [-0.3, -0.25) is 9.88 Å². The highest BCUT2D eigenvalue weighted by atomic mass is 79.9. The molecule has 4 aromatic rings. The van der Waals surface area contributed by atoms with Gasteiger partial charge in [-0.2, -0.15) is 9.61 Å². The van der Waals surface area contributed by atoms with E-state index in [1.807, 2.05) is 30.6 Å². The number of para-hydroxylation sites is 1. The third-order valence-electron chi connectivity index (χ3n) is 5.18. The molecule has 1 saturated heterocycles. The predicted molar refractivity (Wildman–Crippen MR) is 114 cm³/mol. The van der Waals surface area contributed by atoms with Crippen molar-refractivity contribution in [3.8, 4) is 11.1 Å². The van der Waals surface area contributed by atoms with Gasteiger partial charge in [0.25, 0.3) is 0 Å². The molecule has 0 atom stereocenters. The van der Waals surface area contributed by atoms with Gasteiger partial charge in [0.1, 0.15) is 5.82 Å². The van der Waals surface area contributed by atoms with E-state index < -0.39 is 0 Å². The molecule has 7 nitrogen and oxygen atoms in total. The molecule has 0 spiro atoms. The third kappa shape index (κ3) is 3.03. The molecule has 0 amide bonds. The third-order valence-corrected chi connectivity index (χ3v) is 6.04. The fourth-order valence-corrected chi connectivity index (χ4v) is 4.03. The molecule has 0 radical (unpaired) electrons. The van der Waals surface area contributed by atoms with Crippen LogP contribution in [0.3, 0.4) is 0 Å². The summed E-state index contributed by atoms with van der Waals surface area (Å²) in [6.07, 6.45) is 3.68. The molecule has 1 aromatic carbocycles. The first-order valence-corrected chi connectivity index (χ1v) is 10.1. The lowest BCUT2D eigenvalue weighted by atomic mass is 10.1. The van der Waals surface area contributed by atoms with Crippen molar-refractivity contribution < 1.29 is 0 Å². The Kier molecular flexibility index (Phi) is 4.46. The Morgan fingerprint density at radius 3 is 2.82 bits per heavy atom. The molecule has 0 unspecified atom stereocenters. The highest BCUT2D eigenvalue weighted by molar-refractivity contribution is 9.10. The number of nitrogens with zero attached hydrogens (tertiary/aromatic N) is 5. The fraction of sp³-hybridized carbons (Fsp3) is 0.250. The molecule has 0 saturated carbocycles. The van der Waals surface area contributed by atoms with Crippen molar-refractivity contribution in [3.63, 3.8) is 0 Å². The molecule has 0 bridgehead atoms. The van der Waals surface area contributed by atoms with Crippen LogP contribution in [0.5, 0.6) is 0 Å². The van der Waals surface area contributed by atoms with Crippen molar-refractivity contribution in [2.45, 2.75) is 6.54 Å². The van der Waals surface area contributed by atoms with Gasteiger partial charge in [0.15, 0.2) is 5.65 Å². The summed E-state index contributed by atoms with van der Waals surface area (Å²) in [4.78, 5) is 11.9. The molecule has 1 fully saturated rings. The number of hydrogen-bond donors (Lipinski definition) is 2. The quantitative estimate of drug-likeness (QED) is 0.512. The van der Waals surface area contributed by atoms with Crippen LogP contribution in [0.25, 0.3) is 27.7 Å². The number of benzene rings is 1. The first kappa shape index (κ1) is 17.5. The predicted octanol–water partition coefficient (Wildman–Crippen LogP) is 2.69. The van der Waals surface area contributed by atoms with E-state index in [1.165, 1.54) is 0 Å². The molecule has 0 aliphatic carbocycles. The number of aromatic nitrogens is 4. The fourth-order valence-electron chi connectivity index (χ4n) is 3.65. The van der Waals surface area contributed by atoms with Gasteiger partial charge in [0.05, 0.1) is 21.9 Å². The van der Waals surface area contributed by atoms with Crippen LogP contribution in [0.4, 0.5) is 5.82 Å². The zero-order valence-corrected chi connectivity index (χ0v) is 16.9. The van der Waals surface area contributed by atoms with Crippen LogP contribution >= 0.6 is 15.9 Å². The van der Waals surface area contributed by atoms with Crippen molar-refractivity contribution >= 4 is 38.3 Å². The molecule has 5 rings (SSSR count). The van der Waals surface area contributed by atoms with Crippen LogP contribution in [-0.4, -0.2) is 50.7 Å². The molecular weight excluding hydrogens is 418 g/mol. The van der Waals surface area contributed by atoms with Crippen molar-refractivity contribution in [2.75, 3.05) is 31.9 Å². The number of halogens is 1. The summed E-state index contributed by atoms with van der Waals surface area (Å²) >= 11 is 3.62. The summed E-state index contributed by atoms with van der Waals surface area (Å²) in [7, 11) is 0. The van der Waals surface area contributed by atoms with E-state index in [-0.39, 0.29) is 0 Å². The zero-order valence-electron chi connectivity index (χ0n) is 15.3. The van der Waals surface area contributed by atoms with Crippen LogP contribution in [0.15, 0.2) is 47.2 Å². The van der Waals surface area contributed by atoms with Gasteiger partial charge in [-0.05, 0) is 28.1 Å². The van der Waals surface area contributed by atoms with Crippen LogP contribution in [0.2, 0.25) is 0 Å². The smallest absolute Gasteiger partial charge is 0.165 e. The summed E-state index contributed by atoms with van der Waals surface area (Å²) in [6, 6.07) is 10.2. The lowest BCUT2D eigenvalue weighted by molar-refractivity contribution is 0.230. The topological polar surface area (TPSA) is 84.4 Å². The number of piperazine rings is 1. The molecule has 3 aromatic heterocycles. The summed E-state index contributed by atoms with van der Waals surface area (Å²) in [5, 5.41) is 8.94. The normalized spacial score (nSPS) is 15.5. The average molecular weight is 438 g/mol. The van der Waals surface area contributed by atoms with Gasteiger partial charge in [0.2, 0.25) is 0 Å². The highest BCUT2D eigenvalue weighted by Gasteiger charge is 2.19. The monoisotopic (exact) mass is 437 g/mol. The number of anilines is 1. The van der Waals surface area contributed by atoms with Gasteiger partial charge in [-0.1, -0.05) is 18.2 Å². The highest BCUT2D eigenvalue weighted by Crippen LogP contribution is 2.31. The number of rotatable bonds is 3. The summed E-state index contributed by atoms with van der Waals surface area (Å²) < 4.78 is 2.50. The van der Waals surface area contributed by atoms with Crippen LogP contribution < -0.4 is 11.1 Å². The number of nitrogen functional groups attached to an aromatic ring is 1. The van der Waals surface area contributed by atoms with E-state index in [1.54, 1.807) is 4.52 Å². The Morgan fingerprint density at radius 1 is 1.14 bits per heavy atom. The minimum Gasteiger partial charge on any atom is -0.383 e. The van der Waals surface area contributed by atoms with Gasteiger partial charge in [0, 0.05) is 55.4 Å². The van der Waals surface area contributed by atoms with E-state index in [0.29, 0.717) is 5.82 Å². The van der Waals surface area contributed by atoms with Gasteiger partial charge in [-0.15, -0.1) is 0 Å². The van der Waals surface area contributed by atoms with Crippen LogP contribution in [0, 0.1) is 0 Å². The number of pyridine rings is 1. The van der Waals surface area contributed by atoms with Crippen LogP contribution in [0.1, 0.15) is 5.69 Å². The van der Waals surface area contributed by atoms with E-state index in [4.69, 9.17) is 10.7 Å². The van der Waals surface area contributed by atoms with Gasteiger partial charge >= 0.3 is 0 Å². The summed E-state index contributed by atoms with van der Waals surface area (Å²) in [5.74, 6) is 0.565. The Hall–Kier alpha value is -2.55. The first-order chi connectivity index (χ1) is 13.7. The largest absolute Gasteiger partial charge is 0.383 e. The summed E-state index contributed by atoms with van der Waals surface area (Å²) in [5.41, 5.74) is 10.9. The second-order valence-electron chi connectivity index (χ2n) is 6.99. The standard InChI is InChI=1S/C20H20BrN7/c21-18-17(12-27-7-5-23-6-8-27)26-20-15(11-25-28(20)19(18)22)14-9-13-3-1-2-4-16(13)24-10-14/h1-4,9-11,23H,5-8,12,22H2. The van der Waals surface area contributed by atoms with Gasteiger partial charge < -0.3 is 11.1 Å². The Labute approximate surface area is 170 Å². The van der Waals surface area contributed by atoms with E-state index in [2.05, 4.69) is 48.4 Å². The Balaban J connectivity index is 1.61. The molecule has 28 heavy (non-hydrogen) atoms. The number of fused-ring (bicyclic) bond motifs is 2. The summed E-state index contributed by atoms with van der Waals surface area (Å²) in [6.45, 7) is 4.75. The molecule has 1 aliphatic rings. The molecule has 142 valence electrons. The SMILES string of the molecule is Nc1c(Br)c(CN2CCNCC2)nc2c(-c3cnc4ccccc4c3)cnn12. The van der Waals surface area contributed by atoms with Crippen molar-refractivity contribution in [2.24, 2.45) is 0 Å². The second-order valence-corrected chi connectivity index (χ2v) is 7.79. The zero-order chi connectivity index (χ0) is 19.1. The maximum Gasteiger partial charge on any atom is 0.165 e. The lowest BCUT2D eigenvalue weighted by Gasteiger charge is -2.27. The average Bonchev–Trinajstić information content (AvgIpc) is 3.16. The lowest BCUT2D eigenvalue weighted by Crippen LogP contribution is -2.43. The second kappa shape index (κ2) is 7.12. The molecule has 8 heteroatoms. The van der Waals surface area contributed by atoms with E-state index >= 15 is 0 Å². The number of hydrogen-bond acceptors (Lipinski definition) is 6. The van der Waals surface area contributed by atoms with E-state index in [9.17, 15) is 0 Å². The van der Waals surface area contributed by atoms with Gasteiger partial charge in [-0.25, -0.2) is 4.98 Å². The minimum atomic E-state index is 0.565.